The van der Waals surface area contributed by atoms with Crippen LogP contribution in [0.1, 0.15) is 41.9 Å². The van der Waals surface area contributed by atoms with Crippen LogP contribution in [0, 0.1) is 60.7 Å². The van der Waals surface area contributed by atoms with Crippen molar-refractivity contribution in [2.75, 3.05) is 11.4 Å². The van der Waals surface area contributed by atoms with E-state index in [2.05, 4.69) is 0 Å². The zero-order valence-corrected chi connectivity index (χ0v) is 25.9. The number of rotatable bonds is 5. The molecule has 16 heteroatoms. The number of aliphatic carboxylic acids is 1. The van der Waals surface area contributed by atoms with Crippen LogP contribution in [0.3, 0.4) is 0 Å². The summed E-state index contributed by atoms with van der Waals surface area (Å²) in [6, 6.07) is 2.81. The highest BCUT2D eigenvalue weighted by molar-refractivity contribution is 6.58. The molecule has 2 aliphatic carbocycles. The molecule has 2 aromatic carbocycles. The number of aryl methyl sites for hydroxylation is 2. The highest BCUT2D eigenvalue weighted by Gasteiger charge is 2.77. The number of alkyl halides is 2. The van der Waals surface area contributed by atoms with Crippen LogP contribution in [-0.4, -0.2) is 61.0 Å². The van der Waals surface area contributed by atoms with Gasteiger partial charge in [-0.3, -0.25) is 28.9 Å². The van der Waals surface area contributed by atoms with Gasteiger partial charge in [0.1, 0.15) is 11.4 Å². The molecule has 4 amide bonds. The van der Waals surface area contributed by atoms with Crippen LogP contribution in [0.5, 0.6) is 5.75 Å². The lowest BCUT2D eigenvalue weighted by Crippen LogP contribution is -2.60. The third-order valence-corrected chi connectivity index (χ3v) is 11.1. The normalized spacial score (nSPS) is 30.0. The SMILES string of the molecule is Cc1cc([C@H]2C3=CC[C@@H]4C(=O)N(CCC(=O)O)C(=O)[C@@H]4[C@@H]3C[C@@]3(Cl)C(=O)N(c4c(F)c(F)c(F)c(F)c4F)C(=O)[C@@]23Cl)cc(C)c1O. The second-order valence-electron chi connectivity index (χ2n) is 12.2. The summed E-state index contributed by atoms with van der Waals surface area (Å²) in [4.78, 5) is 61.8. The van der Waals surface area contributed by atoms with Crippen LogP contribution in [-0.2, 0) is 24.0 Å². The minimum atomic E-state index is -2.69. The van der Waals surface area contributed by atoms with Gasteiger partial charge in [0.25, 0.3) is 11.8 Å². The summed E-state index contributed by atoms with van der Waals surface area (Å²) in [5.41, 5.74) is -0.935. The van der Waals surface area contributed by atoms with Crippen molar-refractivity contribution in [2.24, 2.45) is 17.8 Å². The number of allylic oxidation sites excluding steroid dienone is 2. The van der Waals surface area contributed by atoms with Crippen LogP contribution in [0.2, 0.25) is 0 Å². The number of carboxylic acid groups (broad SMARTS) is 1. The molecule has 0 radical (unpaired) electrons. The minimum absolute atomic E-state index is 0.0804. The number of phenolic OH excluding ortho intramolecular Hbond substituents is 1. The Kier molecular flexibility index (Phi) is 7.51. The number of fused-ring (bicyclic) bond motifs is 4. The third-order valence-electron chi connectivity index (χ3n) is 9.71. The maximum Gasteiger partial charge on any atom is 0.305 e. The summed E-state index contributed by atoms with van der Waals surface area (Å²) < 4.78 is 72.9. The van der Waals surface area contributed by atoms with Crippen molar-refractivity contribution in [2.45, 2.75) is 48.8 Å². The fraction of sp³-hybridized carbons (Fsp3) is 0.387. The quantitative estimate of drug-likeness (QED) is 0.115. The first-order valence-corrected chi connectivity index (χ1v) is 15.0. The fourth-order valence-electron chi connectivity index (χ4n) is 7.59. The number of hydrogen-bond donors (Lipinski definition) is 2. The van der Waals surface area contributed by atoms with Gasteiger partial charge in [-0.1, -0.05) is 23.8 Å². The van der Waals surface area contributed by atoms with E-state index in [0.29, 0.717) is 0 Å². The number of hydrogen-bond acceptors (Lipinski definition) is 6. The van der Waals surface area contributed by atoms with Gasteiger partial charge >= 0.3 is 5.97 Å². The standard InChI is InChI=1S/C31H23Cl2F5N2O7/c1-10-7-12(8-11(2)25(10)43)18-13-3-4-14-17(27(45)39(26(14)44)6-5-16(41)42)15(13)9-30(32)28(46)40(29(47)31(18,30)33)24-22(37)20(35)19(34)21(36)23(24)38/h3,7-8,14-15,17-18,43H,4-6,9H2,1-2H3,(H,41,42)/t14-,15+,17-,18-,30+,31-/m0/s1. The van der Waals surface area contributed by atoms with Gasteiger partial charge < -0.3 is 10.2 Å². The zero-order valence-electron chi connectivity index (χ0n) is 24.3. The number of likely N-dealkylation sites (tertiary alicyclic amines) is 1. The average molecular weight is 701 g/mol. The summed E-state index contributed by atoms with van der Waals surface area (Å²) in [5.74, 6) is -23.3. The Morgan fingerprint density at radius 1 is 0.894 bits per heavy atom. The van der Waals surface area contributed by atoms with E-state index in [1.807, 2.05) is 0 Å². The molecule has 3 fully saturated rings. The van der Waals surface area contributed by atoms with E-state index in [4.69, 9.17) is 28.3 Å². The first-order valence-electron chi connectivity index (χ1n) is 14.2. The van der Waals surface area contributed by atoms with Crippen molar-refractivity contribution in [3.8, 4) is 5.75 Å². The van der Waals surface area contributed by atoms with Crippen LogP contribution >= 0.6 is 23.2 Å². The second-order valence-corrected chi connectivity index (χ2v) is 13.4. The molecule has 4 aliphatic rings. The molecule has 0 bridgehead atoms. The lowest BCUT2D eigenvalue weighted by Gasteiger charge is -2.50. The van der Waals surface area contributed by atoms with Crippen molar-refractivity contribution >= 4 is 58.5 Å². The van der Waals surface area contributed by atoms with Crippen molar-refractivity contribution < 1.29 is 56.1 Å². The maximum absolute atomic E-state index is 15.1. The molecule has 0 aromatic heterocycles. The molecule has 6 rings (SSSR count). The second kappa shape index (κ2) is 10.7. The number of anilines is 1. The van der Waals surface area contributed by atoms with Crippen molar-refractivity contribution in [1.29, 1.82) is 0 Å². The first-order chi connectivity index (χ1) is 21.9. The Hall–Kier alpha value is -4.04. The molecule has 248 valence electrons. The number of phenols is 1. The average Bonchev–Trinajstić information content (AvgIpc) is 3.34. The van der Waals surface area contributed by atoms with Crippen LogP contribution in [0.25, 0.3) is 0 Å². The summed E-state index contributed by atoms with van der Waals surface area (Å²) >= 11 is 14.1. The number of carbonyl (C=O) groups excluding carboxylic acids is 4. The maximum atomic E-state index is 15.1. The first kappa shape index (κ1) is 32.9. The van der Waals surface area contributed by atoms with E-state index in [0.717, 1.165) is 4.90 Å². The van der Waals surface area contributed by atoms with E-state index in [-0.39, 0.29) is 39.3 Å². The minimum Gasteiger partial charge on any atom is -0.507 e. The highest BCUT2D eigenvalue weighted by atomic mass is 35.5. The van der Waals surface area contributed by atoms with Crippen LogP contribution < -0.4 is 4.90 Å². The molecule has 2 saturated heterocycles. The molecular weight excluding hydrogens is 678 g/mol. The van der Waals surface area contributed by atoms with Gasteiger partial charge in [0.15, 0.2) is 33.0 Å². The Morgan fingerprint density at radius 3 is 2.00 bits per heavy atom. The number of aromatic hydroxyl groups is 1. The number of carboxylic acids is 1. The number of imide groups is 2. The smallest absolute Gasteiger partial charge is 0.305 e. The molecule has 6 atom stereocenters. The number of nitrogens with zero attached hydrogens (tertiary/aromatic N) is 2. The summed E-state index contributed by atoms with van der Waals surface area (Å²) in [6.07, 6.45) is 0.215. The van der Waals surface area contributed by atoms with Gasteiger partial charge in [-0.05, 0) is 49.3 Å². The molecule has 2 aromatic rings. The van der Waals surface area contributed by atoms with E-state index >= 15 is 8.78 Å². The van der Waals surface area contributed by atoms with E-state index in [1.165, 1.54) is 32.1 Å². The Morgan fingerprint density at radius 2 is 1.45 bits per heavy atom. The molecule has 47 heavy (non-hydrogen) atoms. The van der Waals surface area contributed by atoms with Crippen molar-refractivity contribution in [3.05, 3.63) is 69.6 Å². The molecule has 0 spiro atoms. The molecule has 0 unspecified atom stereocenters. The van der Waals surface area contributed by atoms with Crippen LogP contribution in [0.15, 0.2) is 23.8 Å². The fourth-order valence-corrected chi connectivity index (χ4v) is 8.52. The van der Waals surface area contributed by atoms with Crippen LogP contribution in [0.4, 0.5) is 27.6 Å². The van der Waals surface area contributed by atoms with Gasteiger partial charge in [-0.2, -0.15) is 0 Å². The van der Waals surface area contributed by atoms with Gasteiger partial charge in [-0.25, -0.2) is 26.9 Å². The number of amides is 4. The predicted octanol–water partition coefficient (Wildman–Crippen LogP) is 4.74. The van der Waals surface area contributed by atoms with Crippen molar-refractivity contribution in [1.82, 2.24) is 4.90 Å². The summed E-state index contributed by atoms with van der Waals surface area (Å²) in [6.45, 7) is 2.57. The Balaban J connectivity index is 1.58. The van der Waals surface area contributed by atoms with Crippen molar-refractivity contribution in [3.63, 3.8) is 0 Å². The Labute approximate surface area is 272 Å². The molecule has 2 heterocycles. The van der Waals surface area contributed by atoms with Gasteiger partial charge in [-0.15, -0.1) is 23.2 Å². The molecule has 9 nitrogen and oxygen atoms in total. The van der Waals surface area contributed by atoms with E-state index in [1.54, 1.807) is 0 Å². The van der Waals surface area contributed by atoms with Gasteiger partial charge in [0, 0.05) is 12.5 Å². The van der Waals surface area contributed by atoms with Gasteiger partial charge in [0.2, 0.25) is 17.6 Å². The Bertz CT molecular complexity index is 1840. The van der Waals surface area contributed by atoms with E-state index < -0.39 is 117 Å². The molecular formula is C31H23Cl2F5N2O7. The largest absolute Gasteiger partial charge is 0.507 e. The lowest BCUT2D eigenvalue weighted by atomic mass is 9.56. The summed E-state index contributed by atoms with van der Waals surface area (Å²) in [5, 5.41) is 19.6. The predicted molar refractivity (Wildman–Crippen MR) is 153 cm³/mol. The number of benzene rings is 2. The lowest BCUT2D eigenvalue weighted by molar-refractivity contribution is -0.142. The molecule has 2 aliphatic heterocycles. The van der Waals surface area contributed by atoms with Gasteiger partial charge in [0.05, 0.1) is 18.3 Å². The highest BCUT2D eigenvalue weighted by Crippen LogP contribution is 2.66. The monoisotopic (exact) mass is 700 g/mol. The third kappa shape index (κ3) is 4.22. The molecule has 1 saturated carbocycles. The number of carbonyl (C=O) groups is 5. The topological polar surface area (TPSA) is 132 Å². The summed E-state index contributed by atoms with van der Waals surface area (Å²) in [7, 11) is 0. The zero-order chi connectivity index (χ0) is 34.7. The number of halogens is 7. The molecule has 2 N–H and O–H groups in total. The van der Waals surface area contributed by atoms with E-state index in [9.17, 15) is 42.3 Å².